The first-order valence-electron chi connectivity index (χ1n) is 8.38. The van der Waals surface area contributed by atoms with E-state index in [1.807, 2.05) is 0 Å². The zero-order chi connectivity index (χ0) is 21.2. The maximum absolute atomic E-state index is 12.4. The Hall–Kier alpha value is -1.44. The van der Waals surface area contributed by atoms with Crippen LogP contribution in [-0.4, -0.2) is 51.7 Å². The molecule has 0 aliphatic heterocycles. The van der Waals surface area contributed by atoms with Crippen LogP contribution < -0.4 is 15.4 Å². The second-order valence-corrected chi connectivity index (χ2v) is 5.89. The molecule has 2 N–H and O–H groups in total. The number of nitrogens with zero attached hydrogens (tertiary/aromatic N) is 1. The largest absolute Gasteiger partial charge is 0.484 e. The van der Waals surface area contributed by atoms with Gasteiger partial charge in [0.25, 0.3) is 0 Å². The standard InChI is InChI=1S/C17H23F6N3O2.HI/c1-12-4-5-13(14(8-12)28-11-17(21,22)23)9-26-15(24-2)25-6-3-7-27-10-16(18,19)20;/h4-5,8H,3,6-7,9-11H2,1-2H3,(H2,24,25,26);1H. The maximum atomic E-state index is 12.4. The molecule has 0 unspecified atom stereocenters. The zero-order valence-electron chi connectivity index (χ0n) is 15.9. The molecule has 0 aliphatic carbocycles. The van der Waals surface area contributed by atoms with Crippen LogP contribution in [0.4, 0.5) is 26.3 Å². The summed E-state index contributed by atoms with van der Waals surface area (Å²) in [4.78, 5) is 3.95. The van der Waals surface area contributed by atoms with Crippen molar-refractivity contribution in [1.29, 1.82) is 0 Å². The number of nitrogens with one attached hydrogen (secondary N) is 2. The average Bonchev–Trinajstić information content (AvgIpc) is 2.58. The van der Waals surface area contributed by atoms with E-state index in [1.54, 1.807) is 19.1 Å². The van der Waals surface area contributed by atoms with Crippen LogP contribution in [0.1, 0.15) is 17.5 Å². The third-order valence-electron chi connectivity index (χ3n) is 3.31. The fourth-order valence-corrected chi connectivity index (χ4v) is 2.07. The molecule has 0 aromatic heterocycles. The number of alkyl halides is 6. The molecule has 0 radical (unpaired) electrons. The van der Waals surface area contributed by atoms with Gasteiger partial charge in [-0.3, -0.25) is 4.99 Å². The Morgan fingerprint density at radius 1 is 1.03 bits per heavy atom. The van der Waals surface area contributed by atoms with E-state index in [1.165, 1.54) is 13.1 Å². The number of ether oxygens (including phenoxy) is 2. The Kier molecular flexibility index (Phi) is 12.3. The van der Waals surface area contributed by atoms with Gasteiger partial charge in [0.15, 0.2) is 12.6 Å². The van der Waals surface area contributed by atoms with E-state index in [0.717, 1.165) is 5.56 Å². The van der Waals surface area contributed by atoms with Gasteiger partial charge in [-0.15, -0.1) is 24.0 Å². The molecule has 0 heterocycles. The van der Waals surface area contributed by atoms with Gasteiger partial charge in [-0.25, -0.2) is 0 Å². The Morgan fingerprint density at radius 3 is 2.28 bits per heavy atom. The van der Waals surface area contributed by atoms with Crippen molar-refractivity contribution in [3.05, 3.63) is 29.3 Å². The lowest BCUT2D eigenvalue weighted by atomic mass is 10.1. The SMILES string of the molecule is CN=C(NCCCOCC(F)(F)F)NCc1ccc(C)cc1OCC(F)(F)F.I. The number of aliphatic imine (C=N–C) groups is 1. The minimum Gasteiger partial charge on any atom is -0.484 e. The van der Waals surface area contributed by atoms with Crippen molar-refractivity contribution in [2.75, 3.05) is 33.4 Å². The number of benzene rings is 1. The number of rotatable bonds is 9. The van der Waals surface area contributed by atoms with Crippen LogP contribution in [-0.2, 0) is 11.3 Å². The molecule has 0 spiro atoms. The minimum absolute atomic E-state index is 0. The molecule has 0 amide bonds. The Balaban J connectivity index is 0.00000784. The number of guanidine groups is 1. The second-order valence-electron chi connectivity index (χ2n) is 5.89. The fourth-order valence-electron chi connectivity index (χ4n) is 2.07. The van der Waals surface area contributed by atoms with Crippen LogP contribution >= 0.6 is 24.0 Å². The predicted molar refractivity (Wildman–Crippen MR) is 108 cm³/mol. The first-order chi connectivity index (χ1) is 13.0. The summed E-state index contributed by atoms with van der Waals surface area (Å²) in [6, 6.07) is 4.90. The van der Waals surface area contributed by atoms with Gasteiger partial charge in [0, 0.05) is 32.3 Å². The highest BCUT2D eigenvalue weighted by Crippen LogP contribution is 2.23. The van der Waals surface area contributed by atoms with E-state index in [4.69, 9.17) is 4.74 Å². The monoisotopic (exact) mass is 543 g/mol. The highest BCUT2D eigenvalue weighted by atomic mass is 127. The van der Waals surface area contributed by atoms with Crippen LogP contribution in [0, 0.1) is 6.92 Å². The van der Waals surface area contributed by atoms with Crippen LogP contribution in [0.2, 0.25) is 0 Å². The smallest absolute Gasteiger partial charge is 0.422 e. The molecule has 0 saturated heterocycles. The molecule has 1 aromatic rings. The molecule has 0 bridgehead atoms. The van der Waals surface area contributed by atoms with Gasteiger partial charge in [-0.05, 0) is 25.0 Å². The lowest BCUT2D eigenvalue weighted by Gasteiger charge is -2.16. The first kappa shape index (κ1) is 27.6. The topological polar surface area (TPSA) is 54.9 Å². The van der Waals surface area contributed by atoms with Crippen LogP contribution in [0.5, 0.6) is 5.75 Å². The molecule has 0 saturated carbocycles. The van der Waals surface area contributed by atoms with E-state index in [2.05, 4.69) is 20.4 Å². The van der Waals surface area contributed by atoms with Gasteiger partial charge >= 0.3 is 12.4 Å². The average molecular weight is 543 g/mol. The summed E-state index contributed by atoms with van der Waals surface area (Å²) in [5.74, 6) is 0.457. The Labute approximate surface area is 182 Å². The lowest BCUT2D eigenvalue weighted by Crippen LogP contribution is -2.37. The van der Waals surface area contributed by atoms with Gasteiger partial charge < -0.3 is 20.1 Å². The molecule has 1 rings (SSSR count). The molecular weight excluding hydrogens is 519 g/mol. The highest BCUT2D eigenvalue weighted by Gasteiger charge is 2.29. The molecule has 0 atom stereocenters. The van der Waals surface area contributed by atoms with E-state index >= 15 is 0 Å². The third-order valence-corrected chi connectivity index (χ3v) is 3.31. The van der Waals surface area contributed by atoms with Crippen molar-refractivity contribution < 1.29 is 35.8 Å². The summed E-state index contributed by atoms with van der Waals surface area (Å²) in [5, 5.41) is 5.80. The van der Waals surface area contributed by atoms with Gasteiger partial charge in [0.1, 0.15) is 12.4 Å². The van der Waals surface area contributed by atoms with Gasteiger partial charge in [-0.1, -0.05) is 12.1 Å². The number of hydrogen-bond donors (Lipinski definition) is 2. The quantitative estimate of drug-likeness (QED) is 0.161. The molecule has 0 aliphatic rings. The summed E-state index contributed by atoms with van der Waals surface area (Å²) in [6.07, 6.45) is -8.48. The minimum atomic E-state index is -4.44. The number of hydrogen-bond acceptors (Lipinski definition) is 3. The molecule has 0 fully saturated rings. The normalized spacial score (nSPS) is 12.3. The summed E-state index contributed by atoms with van der Waals surface area (Å²) in [7, 11) is 1.49. The van der Waals surface area contributed by atoms with Crippen LogP contribution in [0.25, 0.3) is 0 Å². The third kappa shape index (κ3) is 13.4. The van der Waals surface area contributed by atoms with Crippen molar-refractivity contribution in [3.8, 4) is 5.75 Å². The van der Waals surface area contributed by atoms with E-state index in [9.17, 15) is 26.3 Å². The zero-order valence-corrected chi connectivity index (χ0v) is 18.2. The first-order valence-corrected chi connectivity index (χ1v) is 8.38. The molecule has 12 heteroatoms. The summed E-state index contributed by atoms with van der Waals surface area (Å²) in [5.41, 5.74) is 1.26. The van der Waals surface area contributed by atoms with Gasteiger partial charge in [0.05, 0.1) is 0 Å². The summed E-state index contributed by atoms with van der Waals surface area (Å²) < 4.78 is 82.4. The number of halogens is 7. The maximum Gasteiger partial charge on any atom is 0.422 e. The molecule has 1 aromatic carbocycles. The Bertz CT molecular complexity index is 639. The van der Waals surface area contributed by atoms with Crippen molar-refractivity contribution in [3.63, 3.8) is 0 Å². The molecule has 168 valence electrons. The lowest BCUT2D eigenvalue weighted by molar-refractivity contribution is -0.173. The van der Waals surface area contributed by atoms with Crippen molar-refractivity contribution in [2.24, 2.45) is 4.99 Å². The number of aryl methyl sites for hydroxylation is 1. The summed E-state index contributed by atoms with van der Waals surface area (Å²) >= 11 is 0. The fraction of sp³-hybridized carbons (Fsp3) is 0.588. The van der Waals surface area contributed by atoms with Crippen LogP contribution in [0.3, 0.4) is 0 Å². The summed E-state index contributed by atoms with van der Waals surface area (Å²) in [6.45, 7) is -0.571. The second kappa shape index (κ2) is 13.0. The van der Waals surface area contributed by atoms with Crippen molar-refractivity contribution in [2.45, 2.75) is 32.2 Å². The van der Waals surface area contributed by atoms with E-state index in [-0.39, 0.29) is 42.9 Å². The molecular formula is C17H24F6IN3O2. The predicted octanol–water partition coefficient (Wildman–Crippen LogP) is 4.19. The molecule has 29 heavy (non-hydrogen) atoms. The van der Waals surface area contributed by atoms with Crippen molar-refractivity contribution >= 4 is 29.9 Å². The van der Waals surface area contributed by atoms with E-state index in [0.29, 0.717) is 24.5 Å². The van der Waals surface area contributed by atoms with Crippen molar-refractivity contribution in [1.82, 2.24) is 10.6 Å². The van der Waals surface area contributed by atoms with E-state index < -0.39 is 25.6 Å². The van der Waals surface area contributed by atoms with Gasteiger partial charge in [-0.2, -0.15) is 26.3 Å². The van der Waals surface area contributed by atoms with Crippen LogP contribution in [0.15, 0.2) is 23.2 Å². The Morgan fingerprint density at radius 2 is 1.69 bits per heavy atom. The van der Waals surface area contributed by atoms with Gasteiger partial charge in [0.2, 0.25) is 0 Å². The molecule has 5 nitrogen and oxygen atoms in total. The highest BCUT2D eigenvalue weighted by molar-refractivity contribution is 14.0.